The van der Waals surface area contributed by atoms with Gasteiger partial charge in [0.1, 0.15) is 11.5 Å². The van der Waals surface area contributed by atoms with Gasteiger partial charge in [0.25, 0.3) is 0 Å². The first-order valence-corrected chi connectivity index (χ1v) is 5.85. The summed E-state index contributed by atoms with van der Waals surface area (Å²) in [5.74, 6) is 0.267. The maximum atomic E-state index is 12.1. The molecule has 0 atom stereocenters. The molecule has 0 fully saturated rings. The van der Waals surface area contributed by atoms with Gasteiger partial charge in [-0.1, -0.05) is 36.4 Å². The third kappa shape index (κ3) is 3.22. The molecule has 96 valence electrons. The molecule has 0 amide bonds. The lowest BCUT2D eigenvalue weighted by Gasteiger charge is -2.05. The van der Waals surface area contributed by atoms with E-state index in [1.165, 1.54) is 25.3 Å². The zero-order chi connectivity index (χ0) is 13.7. The van der Waals surface area contributed by atoms with E-state index in [4.69, 9.17) is 4.74 Å². The van der Waals surface area contributed by atoms with Gasteiger partial charge in [-0.2, -0.15) is 0 Å². The normalized spacial score (nSPS) is 10.6. The highest BCUT2D eigenvalue weighted by Crippen LogP contribution is 2.24. The van der Waals surface area contributed by atoms with Crippen LogP contribution in [-0.2, 0) is 0 Å². The minimum absolute atomic E-state index is 0.0699. The van der Waals surface area contributed by atoms with Crippen LogP contribution in [0.2, 0.25) is 0 Å². The minimum Gasteiger partial charge on any atom is -0.508 e. The number of hydrogen-bond donors (Lipinski definition) is 1. The number of hydrogen-bond acceptors (Lipinski definition) is 3. The third-order valence-corrected chi connectivity index (χ3v) is 2.68. The molecule has 1 N–H and O–H groups in total. The molecule has 0 aromatic heterocycles. The molecule has 0 unspecified atom stereocenters. The smallest absolute Gasteiger partial charge is 0.189 e. The zero-order valence-corrected chi connectivity index (χ0v) is 10.5. The number of ketones is 1. The average molecular weight is 254 g/mol. The molecule has 3 heteroatoms. The third-order valence-electron chi connectivity index (χ3n) is 2.68. The predicted molar refractivity (Wildman–Crippen MR) is 74.5 cm³/mol. The summed E-state index contributed by atoms with van der Waals surface area (Å²) in [6.45, 7) is 0. The fourth-order valence-corrected chi connectivity index (χ4v) is 1.71. The van der Waals surface area contributed by atoms with Crippen molar-refractivity contribution in [3.05, 3.63) is 65.7 Å². The van der Waals surface area contributed by atoms with Crippen LogP contribution in [0, 0.1) is 0 Å². The maximum absolute atomic E-state index is 12.1. The van der Waals surface area contributed by atoms with Gasteiger partial charge in [-0.05, 0) is 23.8 Å². The Hall–Kier alpha value is -2.55. The number of phenolic OH excluding ortho intramolecular Hbond substituents is 1. The van der Waals surface area contributed by atoms with Gasteiger partial charge in [0.15, 0.2) is 5.78 Å². The molecule has 0 aliphatic carbocycles. The average Bonchev–Trinajstić information content (AvgIpc) is 2.45. The number of aromatic hydroxyl groups is 1. The van der Waals surface area contributed by atoms with Crippen molar-refractivity contribution in [3.8, 4) is 11.5 Å². The Morgan fingerprint density at radius 1 is 1.16 bits per heavy atom. The lowest BCUT2D eigenvalue weighted by molar-refractivity contribution is 0.104. The molecular formula is C16H14O3. The highest BCUT2D eigenvalue weighted by Gasteiger charge is 2.09. The Kier molecular flexibility index (Phi) is 3.98. The van der Waals surface area contributed by atoms with Crippen LogP contribution in [0.1, 0.15) is 15.9 Å². The lowest BCUT2D eigenvalue weighted by atomic mass is 10.1. The Morgan fingerprint density at radius 3 is 2.58 bits per heavy atom. The maximum Gasteiger partial charge on any atom is 0.189 e. The number of rotatable bonds is 4. The lowest BCUT2D eigenvalue weighted by Crippen LogP contribution is -1.98. The molecule has 2 aromatic rings. The van der Waals surface area contributed by atoms with Gasteiger partial charge in [0.05, 0.1) is 12.7 Å². The van der Waals surface area contributed by atoms with Crippen LogP contribution in [0.3, 0.4) is 0 Å². The van der Waals surface area contributed by atoms with Crippen molar-refractivity contribution in [2.24, 2.45) is 0 Å². The molecule has 0 spiro atoms. The fraction of sp³-hybridized carbons (Fsp3) is 0.0625. The van der Waals surface area contributed by atoms with E-state index in [-0.39, 0.29) is 11.5 Å². The molecule has 19 heavy (non-hydrogen) atoms. The Morgan fingerprint density at radius 2 is 1.89 bits per heavy atom. The van der Waals surface area contributed by atoms with E-state index in [0.717, 1.165) is 5.56 Å². The predicted octanol–water partition coefficient (Wildman–Crippen LogP) is 3.30. The standard InChI is InChI=1S/C16H14O3/c1-19-16-11-13(17)8-9-14(16)15(18)10-7-12-5-3-2-4-6-12/h2-11,17H,1H3. The Bertz CT molecular complexity index is 601. The molecule has 0 bridgehead atoms. The molecule has 0 heterocycles. The van der Waals surface area contributed by atoms with Crippen molar-refractivity contribution in [1.82, 2.24) is 0 Å². The van der Waals surface area contributed by atoms with E-state index < -0.39 is 0 Å². The number of carbonyl (C=O) groups is 1. The fourth-order valence-electron chi connectivity index (χ4n) is 1.71. The van der Waals surface area contributed by atoms with Crippen LogP contribution < -0.4 is 4.74 Å². The second kappa shape index (κ2) is 5.87. The molecule has 2 rings (SSSR count). The number of carbonyl (C=O) groups excluding carboxylic acids is 1. The second-order valence-electron chi connectivity index (χ2n) is 3.99. The van der Waals surface area contributed by atoms with Gasteiger partial charge in [-0.15, -0.1) is 0 Å². The van der Waals surface area contributed by atoms with Crippen LogP contribution in [0.5, 0.6) is 11.5 Å². The summed E-state index contributed by atoms with van der Waals surface area (Å²) in [5, 5.41) is 9.35. The van der Waals surface area contributed by atoms with E-state index >= 15 is 0 Å². The molecule has 0 aliphatic rings. The van der Waals surface area contributed by atoms with E-state index in [1.807, 2.05) is 30.3 Å². The zero-order valence-electron chi connectivity index (χ0n) is 10.5. The summed E-state index contributed by atoms with van der Waals surface area (Å²) in [7, 11) is 1.46. The highest BCUT2D eigenvalue weighted by molar-refractivity contribution is 6.08. The number of allylic oxidation sites excluding steroid dienone is 1. The number of ether oxygens (including phenoxy) is 1. The summed E-state index contributed by atoms with van der Waals surface area (Å²) in [4.78, 5) is 12.1. The number of methoxy groups -OCH3 is 1. The molecule has 0 radical (unpaired) electrons. The van der Waals surface area contributed by atoms with Crippen molar-refractivity contribution in [1.29, 1.82) is 0 Å². The topological polar surface area (TPSA) is 46.5 Å². The van der Waals surface area contributed by atoms with Crippen molar-refractivity contribution >= 4 is 11.9 Å². The summed E-state index contributed by atoms with van der Waals surface area (Å²) in [5.41, 5.74) is 1.38. The van der Waals surface area contributed by atoms with Crippen LogP contribution in [0.4, 0.5) is 0 Å². The Balaban J connectivity index is 2.23. The van der Waals surface area contributed by atoms with Crippen LogP contribution in [0.25, 0.3) is 6.08 Å². The monoisotopic (exact) mass is 254 g/mol. The summed E-state index contributed by atoms with van der Waals surface area (Å²) < 4.78 is 5.08. The van der Waals surface area contributed by atoms with Gasteiger partial charge >= 0.3 is 0 Å². The highest BCUT2D eigenvalue weighted by atomic mass is 16.5. The quantitative estimate of drug-likeness (QED) is 0.672. The number of phenols is 1. The minimum atomic E-state index is -0.166. The summed E-state index contributed by atoms with van der Waals surface area (Å²) >= 11 is 0. The van der Waals surface area contributed by atoms with Crippen molar-refractivity contribution < 1.29 is 14.6 Å². The van der Waals surface area contributed by atoms with Crippen LogP contribution >= 0.6 is 0 Å². The van der Waals surface area contributed by atoms with Gasteiger partial charge in [0.2, 0.25) is 0 Å². The van der Waals surface area contributed by atoms with Gasteiger partial charge in [-0.3, -0.25) is 4.79 Å². The molecule has 0 saturated carbocycles. The van der Waals surface area contributed by atoms with Crippen LogP contribution in [0.15, 0.2) is 54.6 Å². The summed E-state index contributed by atoms with van der Waals surface area (Å²) in [6.07, 6.45) is 3.23. The SMILES string of the molecule is COc1cc(O)ccc1C(=O)C=Cc1ccccc1. The molecule has 0 saturated heterocycles. The summed E-state index contributed by atoms with van der Waals surface area (Å²) in [6, 6.07) is 14.0. The first kappa shape index (κ1) is 12.9. The van der Waals surface area contributed by atoms with Gasteiger partial charge in [-0.25, -0.2) is 0 Å². The van der Waals surface area contributed by atoms with Gasteiger partial charge in [0, 0.05) is 6.07 Å². The molecular weight excluding hydrogens is 240 g/mol. The number of benzene rings is 2. The second-order valence-corrected chi connectivity index (χ2v) is 3.99. The molecule has 0 aliphatic heterocycles. The van der Waals surface area contributed by atoms with Gasteiger partial charge < -0.3 is 9.84 Å². The largest absolute Gasteiger partial charge is 0.508 e. The van der Waals surface area contributed by atoms with Crippen molar-refractivity contribution in [2.75, 3.05) is 7.11 Å². The Labute approximate surface area is 111 Å². The van der Waals surface area contributed by atoms with Crippen molar-refractivity contribution in [3.63, 3.8) is 0 Å². The first-order valence-electron chi connectivity index (χ1n) is 5.85. The first-order chi connectivity index (χ1) is 9.20. The molecule has 3 nitrogen and oxygen atoms in total. The van der Waals surface area contributed by atoms with Crippen LogP contribution in [-0.4, -0.2) is 18.0 Å². The van der Waals surface area contributed by atoms with E-state index in [2.05, 4.69) is 0 Å². The van der Waals surface area contributed by atoms with E-state index in [1.54, 1.807) is 12.1 Å². The van der Waals surface area contributed by atoms with Crippen molar-refractivity contribution in [2.45, 2.75) is 0 Å². The van der Waals surface area contributed by atoms with E-state index in [9.17, 15) is 9.90 Å². The molecule has 2 aromatic carbocycles. The van der Waals surface area contributed by atoms with E-state index in [0.29, 0.717) is 11.3 Å².